The first kappa shape index (κ1) is 19.3. The number of rotatable bonds is 6. The molecule has 27 heavy (non-hydrogen) atoms. The van der Waals surface area contributed by atoms with Crippen LogP contribution in [-0.2, 0) is 21.2 Å². The van der Waals surface area contributed by atoms with Crippen molar-refractivity contribution in [3.8, 4) is 16.9 Å². The maximum absolute atomic E-state index is 11.8. The summed E-state index contributed by atoms with van der Waals surface area (Å²) >= 11 is 0. The second kappa shape index (κ2) is 7.66. The van der Waals surface area contributed by atoms with Gasteiger partial charge in [-0.1, -0.05) is 6.07 Å². The van der Waals surface area contributed by atoms with E-state index in [2.05, 4.69) is 11.1 Å². The summed E-state index contributed by atoms with van der Waals surface area (Å²) in [5, 5.41) is 4.45. The third-order valence-electron chi connectivity index (χ3n) is 4.82. The third kappa shape index (κ3) is 4.45. The van der Waals surface area contributed by atoms with Crippen molar-refractivity contribution in [3.05, 3.63) is 42.2 Å². The van der Waals surface area contributed by atoms with Gasteiger partial charge in [-0.05, 0) is 49.1 Å². The van der Waals surface area contributed by atoms with Crippen LogP contribution in [0.1, 0.15) is 25.3 Å². The predicted molar refractivity (Wildman–Crippen MR) is 104 cm³/mol. The first-order chi connectivity index (χ1) is 12.8. The van der Waals surface area contributed by atoms with Gasteiger partial charge in [-0.3, -0.25) is 9.78 Å². The average molecular weight is 389 g/mol. The molecule has 0 spiro atoms. The number of anilines is 1. The number of pyridine rings is 1. The maximum Gasteiger partial charge on any atom is 0.227 e. The lowest BCUT2D eigenvalue weighted by Crippen LogP contribution is -2.30. The zero-order chi connectivity index (χ0) is 19.6. The zero-order valence-electron chi connectivity index (χ0n) is 15.4. The third-order valence-corrected chi connectivity index (χ3v) is 6.18. The monoisotopic (exact) mass is 389 g/mol. The van der Waals surface area contributed by atoms with Gasteiger partial charge < -0.3 is 9.64 Å². The van der Waals surface area contributed by atoms with E-state index in [-0.39, 0.29) is 12.5 Å². The molecule has 1 amide bonds. The van der Waals surface area contributed by atoms with Gasteiger partial charge in [0.15, 0.2) is 0 Å². The molecule has 8 heteroatoms. The van der Waals surface area contributed by atoms with Crippen LogP contribution in [0.2, 0.25) is 0 Å². The minimum atomic E-state index is -3.55. The minimum Gasteiger partial charge on any atom is -0.492 e. The van der Waals surface area contributed by atoms with E-state index in [1.807, 2.05) is 18.2 Å². The molecular weight excluding hydrogens is 366 g/mol. The largest absolute Gasteiger partial charge is 0.492 e. The Balaban J connectivity index is 1.73. The van der Waals surface area contributed by atoms with Crippen molar-refractivity contribution >= 4 is 21.6 Å². The molecule has 1 unspecified atom stereocenters. The summed E-state index contributed by atoms with van der Waals surface area (Å²) in [7, 11) is -1.76. The minimum absolute atomic E-state index is 0.126. The number of aryl methyl sites for hydroxylation is 1. The zero-order valence-corrected chi connectivity index (χ0v) is 16.2. The molecule has 1 aliphatic rings. The van der Waals surface area contributed by atoms with Crippen molar-refractivity contribution < 1.29 is 17.9 Å². The average Bonchev–Trinajstić information content (AvgIpc) is 2.64. The van der Waals surface area contributed by atoms with Gasteiger partial charge in [0, 0.05) is 30.9 Å². The van der Waals surface area contributed by atoms with Gasteiger partial charge in [0.25, 0.3) is 0 Å². The van der Waals surface area contributed by atoms with Crippen LogP contribution < -0.4 is 14.8 Å². The quantitative estimate of drug-likeness (QED) is 0.815. The summed E-state index contributed by atoms with van der Waals surface area (Å²) in [5.41, 5.74) is 3.96. The number of nitrogens with zero attached hydrogens (tertiary/aromatic N) is 2. The highest BCUT2D eigenvalue weighted by atomic mass is 32.2. The summed E-state index contributed by atoms with van der Waals surface area (Å²) in [6.45, 7) is 1.79. The van der Waals surface area contributed by atoms with Gasteiger partial charge in [-0.2, -0.15) is 0 Å². The molecule has 0 radical (unpaired) electrons. The number of hydrogen-bond acceptors (Lipinski definition) is 5. The fourth-order valence-corrected chi connectivity index (χ4v) is 3.42. The number of carbonyl (C=O) groups is 1. The first-order valence-electron chi connectivity index (χ1n) is 8.75. The molecule has 0 saturated carbocycles. The van der Waals surface area contributed by atoms with Crippen molar-refractivity contribution in [2.24, 2.45) is 5.14 Å². The van der Waals surface area contributed by atoms with Gasteiger partial charge in [0.1, 0.15) is 5.75 Å². The van der Waals surface area contributed by atoms with Crippen LogP contribution in [0.4, 0.5) is 5.69 Å². The highest BCUT2D eigenvalue weighted by Crippen LogP contribution is 2.32. The Kier molecular flexibility index (Phi) is 5.48. The van der Waals surface area contributed by atoms with Crippen molar-refractivity contribution in [3.63, 3.8) is 0 Å². The lowest BCUT2D eigenvalue weighted by Gasteiger charge is -2.26. The number of ether oxygens (including phenoxy) is 1. The van der Waals surface area contributed by atoms with E-state index in [1.165, 1.54) is 0 Å². The van der Waals surface area contributed by atoms with Crippen molar-refractivity contribution in [1.29, 1.82) is 0 Å². The molecule has 2 N–H and O–H groups in total. The SMILES string of the molecule is CC(CCOc1cncc(-c2ccc3c(c2)CCC(=O)N3C)c1)S(N)(=O)=O. The Morgan fingerprint density at radius 2 is 2.00 bits per heavy atom. The highest BCUT2D eigenvalue weighted by molar-refractivity contribution is 7.89. The first-order valence-corrected chi connectivity index (χ1v) is 10.4. The number of sulfonamides is 1. The van der Waals surface area contributed by atoms with E-state index < -0.39 is 15.3 Å². The Labute approximate surface area is 159 Å². The van der Waals surface area contributed by atoms with E-state index >= 15 is 0 Å². The number of carbonyl (C=O) groups excluding carboxylic acids is 1. The van der Waals surface area contributed by atoms with E-state index in [9.17, 15) is 13.2 Å². The van der Waals surface area contributed by atoms with Gasteiger partial charge in [0.2, 0.25) is 15.9 Å². The van der Waals surface area contributed by atoms with Gasteiger partial charge in [-0.25, -0.2) is 13.6 Å². The number of nitrogens with two attached hydrogens (primary N) is 1. The lowest BCUT2D eigenvalue weighted by atomic mass is 9.97. The molecule has 1 atom stereocenters. The molecule has 0 fully saturated rings. The molecule has 2 aromatic rings. The number of fused-ring (bicyclic) bond motifs is 1. The van der Waals surface area contributed by atoms with Crippen LogP contribution in [-0.4, -0.2) is 38.2 Å². The summed E-state index contributed by atoms with van der Waals surface area (Å²) in [6.07, 6.45) is 4.88. The maximum atomic E-state index is 11.8. The molecule has 0 saturated heterocycles. The molecule has 7 nitrogen and oxygen atoms in total. The second-order valence-electron chi connectivity index (χ2n) is 6.74. The smallest absolute Gasteiger partial charge is 0.227 e. The number of primary sulfonamides is 1. The normalized spacial score (nSPS) is 15.4. The Hall–Kier alpha value is -2.45. The predicted octanol–water partition coefficient (Wildman–Crippen LogP) is 2.10. The van der Waals surface area contributed by atoms with Gasteiger partial charge in [0.05, 0.1) is 18.1 Å². The standard InChI is InChI=1S/C19H23N3O4S/c1-13(27(20,24)25)7-8-26-17-10-16(11-21-12-17)14-3-5-18-15(9-14)4-6-19(23)22(18)2/h3,5,9-13H,4,6-8H2,1-2H3,(H2,20,24,25). The Morgan fingerprint density at radius 1 is 1.22 bits per heavy atom. The lowest BCUT2D eigenvalue weighted by molar-refractivity contribution is -0.118. The molecule has 1 aliphatic heterocycles. The van der Waals surface area contributed by atoms with Crippen LogP contribution in [0, 0.1) is 0 Å². The molecule has 2 heterocycles. The molecular formula is C19H23N3O4S. The van der Waals surface area contributed by atoms with E-state index in [1.54, 1.807) is 31.3 Å². The Morgan fingerprint density at radius 3 is 2.74 bits per heavy atom. The summed E-state index contributed by atoms with van der Waals surface area (Å²) in [5.74, 6) is 0.695. The molecule has 144 valence electrons. The van der Waals surface area contributed by atoms with Gasteiger partial charge in [-0.15, -0.1) is 0 Å². The van der Waals surface area contributed by atoms with Crippen LogP contribution in [0.15, 0.2) is 36.7 Å². The van der Waals surface area contributed by atoms with Crippen molar-refractivity contribution in [2.45, 2.75) is 31.4 Å². The van der Waals surface area contributed by atoms with Crippen LogP contribution in [0.25, 0.3) is 11.1 Å². The van der Waals surface area contributed by atoms with Crippen molar-refractivity contribution in [2.75, 3.05) is 18.6 Å². The molecule has 1 aromatic heterocycles. The number of aromatic nitrogens is 1. The fourth-order valence-electron chi connectivity index (χ4n) is 3.00. The van der Waals surface area contributed by atoms with Gasteiger partial charge >= 0.3 is 0 Å². The van der Waals surface area contributed by atoms with E-state index in [0.717, 1.165) is 28.8 Å². The van der Waals surface area contributed by atoms with E-state index in [4.69, 9.17) is 9.88 Å². The fraction of sp³-hybridized carbons (Fsp3) is 0.368. The van der Waals surface area contributed by atoms with Crippen molar-refractivity contribution in [1.82, 2.24) is 4.98 Å². The van der Waals surface area contributed by atoms with Crippen LogP contribution in [0.5, 0.6) is 5.75 Å². The summed E-state index contributed by atoms with van der Waals surface area (Å²) < 4.78 is 28.2. The summed E-state index contributed by atoms with van der Waals surface area (Å²) in [4.78, 5) is 17.7. The highest BCUT2D eigenvalue weighted by Gasteiger charge is 2.21. The summed E-state index contributed by atoms with van der Waals surface area (Å²) in [6, 6.07) is 7.84. The number of hydrogen-bond donors (Lipinski definition) is 1. The van der Waals surface area contributed by atoms with Crippen LogP contribution >= 0.6 is 0 Å². The van der Waals surface area contributed by atoms with Crippen LogP contribution in [0.3, 0.4) is 0 Å². The molecule has 1 aromatic carbocycles. The molecule has 0 aliphatic carbocycles. The van der Waals surface area contributed by atoms with E-state index in [0.29, 0.717) is 18.6 Å². The molecule has 3 rings (SSSR count). The number of benzene rings is 1. The second-order valence-corrected chi connectivity index (χ2v) is 8.73. The topological polar surface area (TPSA) is 103 Å². The Bertz CT molecular complexity index is 959. The molecule has 0 bridgehead atoms. The number of amides is 1.